The first-order chi connectivity index (χ1) is 9.51. The number of rotatable bonds is 4. The summed E-state index contributed by atoms with van der Waals surface area (Å²) in [5.74, 6) is -1.05. The highest BCUT2D eigenvalue weighted by atomic mass is 79.9. The summed E-state index contributed by atoms with van der Waals surface area (Å²) in [5, 5.41) is 20.4. The molecule has 2 N–H and O–H groups in total. The maximum absolute atomic E-state index is 12.1. The van der Waals surface area contributed by atoms with Crippen LogP contribution in [-0.2, 0) is 4.79 Å². The average molecular weight is 338 g/mol. The number of nitrogens with one attached hydrogen (secondary N) is 1. The molecule has 104 valence electrons. The molecule has 20 heavy (non-hydrogen) atoms. The molecule has 1 aliphatic rings. The maximum atomic E-state index is 12.1. The Morgan fingerprint density at radius 1 is 1.50 bits per heavy atom. The molecular weight excluding hydrogens is 326 g/mol. The third-order valence-electron chi connectivity index (χ3n) is 2.90. The number of amides is 2. The van der Waals surface area contributed by atoms with Gasteiger partial charge in [0.1, 0.15) is 12.6 Å². The van der Waals surface area contributed by atoms with Gasteiger partial charge < -0.3 is 15.3 Å². The minimum Gasteiger partial charge on any atom is -0.480 e. The molecule has 0 bridgehead atoms. The highest BCUT2D eigenvalue weighted by Crippen LogP contribution is 2.28. The second-order valence-corrected chi connectivity index (χ2v) is 5.40. The van der Waals surface area contributed by atoms with Crippen LogP contribution < -0.4 is 5.32 Å². The van der Waals surface area contributed by atoms with Crippen LogP contribution in [0.3, 0.4) is 0 Å². The molecule has 0 spiro atoms. The van der Waals surface area contributed by atoms with Gasteiger partial charge in [0.05, 0.1) is 11.3 Å². The molecule has 2 rings (SSSR count). The van der Waals surface area contributed by atoms with Crippen LogP contribution in [0.4, 0.5) is 10.5 Å². The third-order valence-corrected chi connectivity index (χ3v) is 3.39. The SMILES string of the molecule is N#Cc1ccc(Br)cc1NC(=O)N(CC(=O)O)C1CC1. The number of carboxylic acid groups (broad SMARTS) is 1. The Morgan fingerprint density at radius 2 is 2.20 bits per heavy atom. The summed E-state index contributed by atoms with van der Waals surface area (Å²) in [4.78, 5) is 24.2. The quantitative estimate of drug-likeness (QED) is 0.882. The van der Waals surface area contributed by atoms with Gasteiger partial charge in [-0.25, -0.2) is 4.79 Å². The van der Waals surface area contributed by atoms with Gasteiger partial charge in [-0.2, -0.15) is 5.26 Å². The number of aliphatic carboxylic acids is 1. The fourth-order valence-electron chi connectivity index (χ4n) is 1.80. The van der Waals surface area contributed by atoms with E-state index >= 15 is 0 Å². The lowest BCUT2D eigenvalue weighted by Crippen LogP contribution is -2.40. The molecule has 1 aromatic rings. The van der Waals surface area contributed by atoms with Gasteiger partial charge in [0, 0.05) is 10.5 Å². The van der Waals surface area contributed by atoms with E-state index in [1.54, 1.807) is 18.2 Å². The lowest BCUT2D eigenvalue weighted by molar-refractivity contribution is -0.137. The molecule has 1 aliphatic carbocycles. The molecule has 0 radical (unpaired) electrons. The molecule has 2 amide bonds. The number of carbonyl (C=O) groups excluding carboxylic acids is 1. The summed E-state index contributed by atoms with van der Waals surface area (Å²) < 4.78 is 0.725. The van der Waals surface area contributed by atoms with Crippen LogP contribution in [0.5, 0.6) is 0 Å². The second-order valence-electron chi connectivity index (χ2n) is 4.48. The molecule has 0 aromatic heterocycles. The van der Waals surface area contributed by atoms with Gasteiger partial charge >= 0.3 is 12.0 Å². The molecule has 0 aliphatic heterocycles. The summed E-state index contributed by atoms with van der Waals surface area (Å²) in [6.45, 7) is -0.341. The van der Waals surface area contributed by atoms with Crippen LogP contribution in [-0.4, -0.2) is 34.6 Å². The summed E-state index contributed by atoms with van der Waals surface area (Å²) in [7, 11) is 0. The number of hydrogen-bond donors (Lipinski definition) is 2. The largest absolute Gasteiger partial charge is 0.480 e. The fourth-order valence-corrected chi connectivity index (χ4v) is 2.16. The fraction of sp³-hybridized carbons (Fsp3) is 0.308. The molecule has 7 heteroatoms. The Balaban J connectivity index is 2.15. The number of anilines is 1. The summed E-state index contributed by atoms with van der Waals surface area (Å²) in [6, 6.07) is 6.36. The van der Waals surface area contributed by atoms with E-state index in [1.165, 1.54) is 4.90 Å². The lowest BCUT2D eigenvalue weighted by atomic mass is 10.2. The third kappa shape index (κ3) is 3.48. The van der Waals surface area contributed by atoms with E-state index in [9.17, 15) is 9.59 Å². The summed E-state index contributed by atoms with van der Waals surface area (Å²) >= 11 is 3.27. The van der Waals surface area contributed by atoms with Crippen molar-refractivity contribution in [2.75, 3.05) is 11.9 Å². The minimum absolute atomic E-state index is 0.0243. The van der Waals surface area contributed by atoms with E-state index in [4.69, 9.17) is 10.4 Å². The summed E-state index contributed by atoms with van der Waals surface area (Å²) in [5.41, 5.74) is 0.690. The Morgan fingerprint density at radius 3 is 2.75 bits per heavy atom. The number of benzene rings is 1. The van der Waals surface area contributed by atoms with Crippen molar-refractivity contribution in [2.24, 2.45) is 0 Å². The van der Waals surface area contributed by atoms with Gasteiger partial charge in [-0.3, -0.25) is 4.79 Å². The first-order valence-electron chi connectivity index (χ1n) is 6.00. The molecule has 1 fully saturated rings. The van der Waals surface area contributed by atoms with Crippen molar-refractivity contribution >= 4 is 33.6 Å². The van der Waals surface area contributed by atoms with Gasteiger partial charge in [-0.05, 0) is 31.0 Å². The van der Waals surface area contributed by atoms with Crippen molar-refractivity contribution in [3.63, 3.8) is 0 Å². The average Bonchev–Trinajstić information content (AvgIpc) is 3.20. The molecule has 0 atom stereocenters. The topological polar surface area (TPSA) is 93.4 Å². The van der Waals surface area contributed by atoms with E-state index in [0.29, 0.717) is 11.3 Å². The second kappa shape index (κ2) is 5.92. The van der Waals surface area contributed by atoms with Gasteiger partial charge in [0.25, 0.3) is 0 Å². The number of urea groups is 1. The van der Waals surface area contributed by atoms with Crippen LogP contribution in [0.25, 0.3) is 0 Å². The smallest absolute Gasteiger partial charge is 0.323 e. The van der Waals surface area contributed by atoms with E-state index < -0.39 is 12.0 Å². The summed E-state index contributed by atoms with van der Waals surface area (Å²) in [6.07, 6.45) is 1.62. The number of hydrogen-bond acceptors (Lipinski definition) is 3. The van der Waals surface area contributed by atoms with Crippen molar-refractivity contribution in [3.05, 3.63) is 28.2 Å². The Labute approximate surface area is 124 Å². The number of carboxylic acids is 1. The zero-order chi connectivity index (χ0) is 14.7. The maximum Gasteiger partial charge on any atom is 0.323 e. The van der Waals surface area contributed by atoms with Crippen molar-refractivity contribution in [1.29, 1.82) is 5.26 Å². The van der Waals surface area contributed by atoms with E-state index in [-0.39, 0.29) is 12.6 Å². The van der Waals surface area contributed by atoms with Crippen LogP contribution >= 0.6 is 15.9 Å². The minimum atomic E-state index is -1.05. The first kappa shape index (κ1) is 14.3. The van der Waals surface area contributed by atoms with Gasteiger partial charge in [0.15, 0.2) is 0 Å². The lowest BCUT2D eigenvalue weighted by Gasteiger charge is -2.21. The Kier molecular flexibility index (Phi) is 4.25. The standard InChI is InChI=1S/C13H12BrN3O3/c14-9-2-1-8(6-15)11(5-9)16-13(20)17(7-12(18)19)10-3-4-10/h1-2,5,10H,3-4,7H2,(H,16,20)(H,18,19). The van der Waals surface area contributed by atoms with Gasteiger partial charge in [-0.15, -0.1) is 0 Å². The first-order valence-corrected chi connectivity index (χ1v) is 6.79. The molecule has 6 nitrogen and oxygen atoms in total. The van der Waals surface area contributed by atoms with Crippen LogP contribution in [0, 0.1) is 11.3 Å². The van der Waals surface area contributed by atoms with Crippen molar-refractivity contribution in [1.82, 2.24) is 4.90 Å². The molecular formula is C13H12BrN3O3. The number of carbonyl (C=O) groups is 2. The predicted molar refractivity (Wildman–Crippen MR) is 75.2 cm³/mol. The molecule has 1 aromatic carbocycles. The number of nitriles is 1. The zero-order valence-corrected chi connectivity index (χ0v) is 12.1. The molecule has 0 unspecified atom stereocenters. The van der Waals surface area contributed by atoms with Crippen LogP contribution in [0.1, 0.15) is 18.4 Å². The molecule has 0 heterocycles. The monoisotopic (exact) mass is 337 g/mol. The van der Waals surface area contributed by atoms with Crippen molar-refractivity contribution in [3.8, 4) is 6.07 Å². The van der Waals surface area contributed by atoms with E-state index in [2.05, 4.69) is 21.2 Å². The van der Waals surface area contributed by atoms with Gasteiger partial charge in [-0.1, -0.05) is 15.9 Å². The van der Waals surface area contributed by atoms with Gasteiger partial charge in [0.2, 0.25) is 0 Å². The van der Waals surface area contributed by atoms with Crippen LogP contribution in [0.15, 0.2) is 22.7 Å². The van der Waals surface area contributed by atoms with Crippen molar-refractivity contribution < 1.29 is 14.7 Å². The predicted octanol–water partition coefficient (Wildman–Crippen LogP) is 2.40. The normalized spacial score (nSPS) is 13.4. The zero-order valence-electron chi connectivity index (χ0n) is 10.5. The van der Waals surface area contributed by atoms with E-state index in [0.717, 1.165) is 17.3 Å². The molecule has 0 saturated heterocycles. The number of halogens is 1. The molecule has 1 saturated carbocycles. The number of nitrogens with zero attached hydrogens (tertiary/aromatic N) is 2. The highest BCUT2D eigenvalue weighted by Gasteiger charge is 2.34. The van der Waals surface area contributed by atoms with Crippen LogP contribution in [0.2, 0.25) is 0 Å². The van der Waals surface area contributed by atoms with E-state index in [1.807, 2.05) is 6.07 Å². The van der Waals surface area contributed by atoms with Crippen molar-refractivity contribution in [2.45, 2.75) is 18.9 Å². The Bertz CT molecular complexity index is 593. The Hall–Kier alpha value is -2.07. The highest BCUT2D eigenvalue weighted by molar-refractivity contribution is 9.10.